The van der Waals surface area contributed by atoms with Crippen LogP contribution in [-0.4, -0.2) is 19.3 Å². The number of hydroxylamine groups is 1. The Morgan fingerprint density at radius 2 is 2.00 bits per heavy atom. The van der Waals surface area contributed by atoms with Gasteiger partial charge in [0, 0.05) is 0 Å². The third-order valence-electron chi connectivity index (χ3n) is 1.19. The number of rotatable bonds is 6. The Morgan fingerprint density at radius 3 is 2.58 bits per heavy atom. The van der Waals surface area contributed by atoms with E-state index in [4.69, 9.17) is 9.57 Å². The maximum absolute atomic E-state index is 10.7. The van der Waals surface area contributed by atoms with E-state index in [9.17, 15) is 4.79 Å². The second-order valence-electron chi connectivity index (χ2n) is 2.44. The molecule has 0 fully saturated rings. The number of amides is 1. The minimum absolute atomic E-state index is 0.434. The number of carbonyl (C=O) groups excluding carboxylic acids is 1. The summed E-state index contributed by atoms with van der Waals surface area (Å²) in [5.74, 6) is 0. The molecule has 0 spiro atoms. The molecule has 0 aromatic heterocycles. The molecule has 0 aliphatic rings. The molecule has 0 unspecified atom stereocenters. The second-order valence-corrected chi connectivity index (χ2v) is 2.44. The standard InChI is InChI=1S/C8H17NO3/c1-3-5-7-12-9-8(10)11-6-4-2/h3-7H2,1-2H3,(H,9,10). The van der Waals surface area contributed by atoms with Gasteiger partial charge in [-0.25, -0.2) is 4.79 Å². The number of nitrogens with one attached hydrogen (secondary N) is 1. The summed E-state index contributed by atoms with van der Waals surface area (Å²) in [5.41, 5.74) is 2.19. The van der Waals surface area contributed by atoms with Crippen LogP contribution in [0.1, 0.15) is 33.1 Å². The zero-order valence-electron chi connectivity index (χ0n) is 7.76. The van der Waals surface area contributed by atoms with Gasteiger partial charge in [0.1, 0.15) is 0 Å². The highest BCUT2D eigenvalue weighted by Crippen LogP contribution is 1.86. The van der Waals surface area contributed by atoms with E-state index in [1.54, 1.807) is 0 Å². The molecule has 4 nitrogen and oxygen atoms in total. The number of hydrogen-bond acceptors (Lipinski definition) is 3. The lowest BCUT2D eigenvalue weighted by molar-refractivity contribution is 0.0267. The number of carbonyl (C=O) groups is 1. The van der Waals surface area contributed by atoms with Crippen molar-refractivity contribution in [2.45, 2.75) is 33.1 Å². The van der Waals surface area contributed by atoms with Crippen LogP contribution < -0.4 is 5.48 Å². The highest BCUT2D eigenvalue weighted by Gasteiger charge is 1.98. The van der Waals surface area contributed by atoms with Gasteiger partial charge in [0.05, 0.1) is 13.2 Å². The van der Waals surface area contributed by atoms with Gasteiger partial charge >= 0.3 is 6.09 Å². The SMILES string of the molecule is CCCCONC(=O)OCCC. The molecule has 0 saturated heterocycles. The lowest BCUT2D eigenvalue weighted by Gasteiger charge is -2.04. The van der Waals surface area contributed by atoms with Crippen LogP contribution in [0.25, 0.3) is 0 Å². The Hall–Kier alpha value is -0.770. The summed E-state index contributed by atoms with van der Waals surface area (Å²) >= 11 is 0. The molecule has 0 heterocycles. The third kappa shape index (κ3) is 7.34. The minimum Gasteiger partial charge on any atom is -0.448 e. The summed E-state index contributed by atoms with van der Waals surface area (Å²) in [7, 11) is 0. The fraction of sp³-hybridized carbons (Fsp3) is 0.875. The molecule has 0 bridgehead atoms. The first-order chi connectivity index (χ1) is 5.81. The fourth-order valence-electron chi connectivity index (χ4n) is 0.551. The summed E-state index contributed by atoms with van der Waals surface area (Å²) in [5, 5.41) is 0. The summed E-state index contributed by atoms with van der Waals surface area (Å²) in [6.07, 6.45) is 2.30. The van der Waals surface area contributed by atoms with Crippen LogP contribution in [-0.2, 0) is 9.57 Å². The molecule has 72 valence electrons. The van der Waals surface area contributed by atoms with Crippen molar-refractivity contribution in [3.05, 3.63) is 0 Å². The summed E-state index contributed by atoms with van der Waals surface area (Å²) in [6.45, 7) is 4.96. The molecule has 4 heteroatoms. The molecule has 0 aromatic rings. The molecule has 0 rings (SSSR count). The van der Waals surface area contributed by atoms with E-state index in [2.05, 4.69) is 12.4 Å². The van der Waals surface area contributed by atoms with E-state index >= 15 is 0 Å². The quantitative estimate of drug-likeness (QED) is 0.495. The van der Waals surface area contributed by atoms with Gasteiger partial charge in [-0.05, 0) is 12.8 Å². The maximum atomic E-state index is 10.7. The third-order valence-corrected chi connectivity index (χ3v) is 1.19. The highest BCUT2D eigenvalue weighted by atomic mass is 16.7. The van der Waals surface area contributed by atoms with Gasteiger partial charge in [0.15, 0.2) is 0 Å². The van der Waals surface area contributed by atoms with E-state index in [1.807, 2.05) is 6.92 Å². The Labute approximate surface area is 73.2 Å². The Balaban J connectivity index is 3.08. The molecule has 1 amide bonds. The highest BCUT2D eigenvalue weighted by molar-refractivity contribution is 5.65. The Kier molecular flexibility index (Phi) is 7.79. The van der Waals surface area contributed by atoms with Gasteiger partial charge in [-0.3, -0.25) is 4.84 Å². The van der Waals surface area contributed by atoms with Gasteiger partial charge in [0.25, 0.3) is 0 Å². The normalized spacial score (nSPS) is 9.50. The van der Waals surface area contributed by atoms with Crippen molar-refractivity contribution in [2.24, 2.45) is 0 Å². The summed E-state index contributed by atoms with van der Waals surface area (Å²) < 4.78 is 4.70. The van der Waals surface area contributed by atoms with Crippen molar-refractivity contribution in [2.75, 3.05) is 13.2 Å². The van der Waals surface area contributed by atoms with Crippen LogP contribution in [0.3, 0.4) is 0 Å². The van der Waals surface area contributed by atoms with Crippen molar-refractivity contribution in [3.8, 4) is 0 Å². The molecule has 0 saturated carbocycles. The van der Waals surface area contributed by atoms with Crippen molar-refractivity contribution < 1.29 is 14.4 Å². The minimum atomic E-state index is -0.507. The first-order valence-corrected chi connectivity index (χ1v) is 4.35. The lowest BCUT2D eigenvalue weighted by atomic mass is 10.4. The van der Waals surface area contributed by atoms with Gasteiger partial charge in [-0.1, -0.05) is 20.3 Å². The van der Waals surface area contributed by atoms with E-state index in [1.165, 1.54) is 0 Å². The second kappa shape index (κ2) is 8.33. The first kappa shape index (κ1) is 11.2. The maximum Gasteiger partial charge on any atom is 0.431 e. The number of hydrogen-bond donors (Lipinski definition) is 1. The zero-order valence-corrected chi connectivity index (χ0v) is 7.76. The van der Waals surface area contributed by atoms with E-state index in [-0.39, 0.29) is 0 Å². The van der Waals surface area contributed by atoms with Crippen LogP contribution in [0, 0.1) is 0 Å². The number of unbranched alkanes of at least 4 members (excludes halogenated alkanes) is 1. The van der Waals surface area contributed by atoms with Gasteiger partial charge in [-0.2, -0.15) is 5.48 Å². The molecule has 0 aliphatic carbocycles. The van der Waals surface area contributed by atoms with Crippen molar-refractivity contribution in [1.29, 1.82) is 0 Å². The first-order valence-electron chi connectivity index (χ1n) is 4.35. The largest absolute Gasteiger partial charge is 0.448 e. The van der Waals surface area contributed by atoms with Crippen LogP contribution in [0.5, 0.6) is 0 Å². The average Bonchev–Trinajstić information content (AvgIpc) is 2.09. The molecule has 12 heavy (non-hydrogen) atoms. The van der Waals surface area contributed by atoms with Crippen LogP contribution in [0.2, 0.25) is 0 Å². The predicted octanol–water partition coefficient (Wildman–Crippen LogP) is 1.85. The molecule has 0 atom stereocenters. The van der Waals surface area contributed by atoms with Crippen molar-refractivity contribution in [1.82, 2.24) is 5.48 Å². The Morgan fingerprint density at radius 1 is 1.25 bits per heavy atom. The van der Waals surface area contributed by atoms with E-state index < -0.39 is 6.09 Å². The molecular weight excluding hydrogens is 158 g/mol. The summed E-state index contributed by atoms with van der Waals surface area (Å²) in [6, 6.07) is 0. The zero-order chi connectivity index (χ0) is 9.23. The average molecular weight is 175 g/mol. The van der Waals surface area contributed by atoms with Gasteiger partial charge < -0.3 is 4.74 Å². The molecule has 0 aromatic carbocycles. The lowest BCUT2D eigenvalue weighted by Crippen LogP contribution is -2.25. The van der Waals surface area contributed by atoms with Gasteiger partial charge in [-0.15, -0.1) is 0 Å². The summed E-state index contributed by atoms with van der Waals surface area (Å²) in [4.78, 5) is 15.5. The Bertz CT molecular complexity index is 117. The van der Waals surface area contributed by atoms with E-state index in [0.29, 0.717) is 13.2 Å². The van der Waals surface area contributed by atoms with Crippen LogP contribution in [0.15, 0.2) is 0 Å². The van der Waals surface area contributed by atoms with Crippen LogP contribution >= 0.6 is 0 Å². The van der Waals surface area contributed by atoms with Crippen LogP contribution in [0.4, 0.5) is 4.79 Å². The molecule has 1 N–H and O–H groups in total. The smallest absolute Gasteiger partial charge is 0.431 e. The van der Waals surface area contributed by atoms with Gasteiger partial charge in [0.2, 0.25) is 0 Å². The fourth-order valence-corrected chi connectivity index (χ4v) is 0.551. The van der Waals surface area contributed by atoms with E-state index in [0.717, 1.165) is 19.3 Å². The molecule has 0 radical (unpaired) electrons. The molecule has 0 aliphatic heterocycles. The van der Waals surface area contributed by atoms with Crippen molar-refractivity contribution in [3.63, 3.8) is 0 Å². The predicted molar refractivity (Wildman–Crippen MR) is 45.6 cm³/mol. The number of ether oxygens (including phenoxy) is 1. The monoisotopic (exact) mass is 175 g/mol. The topological polar surface area (TPSA) is 47.6 Å². The molecular formula is C8H17NO3. The van der Waals surface area contributed by atoms with Crippen molar-refractivity contribution >= 4 is 6.09 Å².